The van der Waals surface area contributed by atoms with Crippen LogP contribution in [0, 0.1) is 5.82 Å². The molecular formula is C15H23BrFN3. The summed E-state index contributed by atoms with van der Waals surface area (Å²) in [6.45, 7) is 4.75. The molecule has 0 aliphatic carbocycles. The Hall–Kier alpha value is -0.490. The Morgan fingerprint density at radius 2 is 2.10 bits per heavy atom. The zero-order valence-corrected chi connectivity index (χ0v) is 13.6. The van der Waals surface area contributed by atoms with Crippen molar-refractivity contribution in [2.75, 3.05) is 39.8 Å². The Morgan fingerprint density at radius 3 is 2.70 bits per heavy atom. The molecule has 2 N–H and O–H groups in total. The number of rotatable bonds is 6. The largest absolute Gasteiger partial charge is 0.329 e. The number of hydrogen-bond acceptors (Lipinski definition) is 3. The van der Waals surface area contributed by atoms with Gasteiger partial charge in [0.2, 0.25) is 0 Å². The Morgan fingerprint density at radius 1 is 1.40 bits per heavy atom. The van der Waals surface area contributed by atoms with Crippen molar-refractivity contribution in [3.8, 4) is 0 Å². The van der Waals surface area contributed by atoms with Gasteiger partial charge >= 0.3 is 0 Å². The standard InChI is InChI=1S/C15H23BrFN3/c1-19(8-9-20-6-2-3-7-20)15(11-18)13-5-4-12(16)10-14(13)17/h4-5,10,15H,2-3,6-9,11,18H2,1H3. The van der Waals surface area contributed by atoms with E-state index in [0.29, 0.717) is 12.1 Å². The molecule has 1 heterocycles. The van der Waals surface area contributed by atoms with Gasteiger partial charge < -0.3 is 10.6 Å². The van der Waals surface area contributed by atoms with Crippen LogP contribution in [-0.4, -0.2) is 49.6 Å². The van der Waals surface area contributed by atoms with Gasteiger partial charge in [0.1, 0.15) is 5.82 Å². The summed E-state index contributed by atoms with van der Waals surface area (Å²) in [7, 11) is 2.02. The van der Waals surface area contributed by atoms with Gasteiger partial charge in [0.05, 0.1) is 0 Å². The molecule has 1 aliphatic rings. The highest BCUT2D eigenvalue weighted by Gasteiger charge is 2.20. The van der Waals surface area contributed by atoms with Gasteiger partial charge in [-0.25, -0.2) is 4.39 Å². The van der Waals surface area contributed by atoms with E-state index in [4.69, 9.17) is 5.73 Å². The minimum Gasteiger partial charge on any atom is -0.329 e. The minimum absolute atomic E-state index is 0.0642. The van der Waals surface area contributed by atoms with Gasteiger partial charge in [0.15, 0.2) is 0 Å². The predicted octanol–water partition coefficient (Wildman–Crippen LogP) is 2.62. The van der Waals surface area contributed by atoms with Crippen LogP contribution in [-0.2, 0) is 0 Å². The third kappa shape index (κ3) is 4.01. The van der Waals surface area contributed by atoms with Gasteiger partial charge in [0.25, 0.3) is 0 Å². The number of nitrogens with zero attached hydrogens (tertiary/aromatic N) is 2. The first kappa shape index (κ1) is 15.9. The van der Waals surface area contributed by atoms with Crippen molar-refractivity contribution in [1.29, 1.82) is 0 Å². The number of likely N-dealkylation sites (tertiary alicyclic amines) is 1. The highest BCUT2D eigenvalue weighted by atomic mass is 79.9. The molecule has 0 bridgehead atoms. The lowest BCUT2D eigenvalue weighted by Crippen LogP contribution is -2.37. The van der Waals surface area contributed by atoms with Crippen molar-refractivity contribution < 1.29 is 4.39 Å². The fourth-order valence-corrected chi connectivity index (χ4v) is 3.11. The van der Waals surface area contributed by atoms with E-state index in [1.807, 2.05) is 19.2 Å². The van der Waals surface area contributed by atoms with Gasteiger partial charge in [-0.05, 0) is 45.1 Å². The summed E-state index contributed by atoms with van der Waals surface area (Å²) < 4.78 is 14.8. The molecule has 0 aromatic heterocycles. The van der Waals surface area contributed by atoms with Crippen LogP contribution in [0.1, 0.15) is 24.4 Å². The maximum atomic E-state index is 14.1. The van der Waals surface area contributed by atoms with Crippen LogP contribution >= 0.6 is 15.9 Å². The number of nitrogens with two attached hydrogens (primary N) is 1. The summed E-state index contributed by atoms with van der Waals surface area (Å²) in [6, 6.07) is 5.14. The van der Waals surface area contributed by atoms with Crippen molar-refractivity contribution in [3.05, 3.63) is 34.1 Å². The first-order chi connectivity index (χ1) is 9.61. The first-order valence-corrected chi connectivity index (χ1v) is 7.98. The van der Waals surface area contributed by atoms with Crippen LogP contribution in [0.5, 0.6) is 0 Å². The molecule has 0 amide bonds. The van der Waals surface area contributed by atoms with Crippen molar-refractivity contribution in [2.24, 2.45) is 5.73 Å². The highest BCUT2D eigenvalue weighted by Crippen LogP contribution is 2.24. The molecule has 1 atom stereocenters. The second-order valence-electron chi connectivity index (χ2n) is 5.45. The molecule has 0 spiro atoms. The summed E-state index contributed by atoms with van der Waals surface area (Å²) in [5, 5.41) is 0. The third-order valence-corrected chi connectivity index (χ3v) is 4.54. The molecule has 2 rings (SSSR count). The second-order valence-corrected chi connectivity index (χ2v) is 6.36. The maximum Gasteiger partial charge on any atom is 0.129 e. The quantitative estimate of drug-likeness (QED) is 0.861. The summed E-state index contributed by atoms with van der Waals surface area (Å²) in [4.78, 5) is 4.62. The maximum absolute atomic E-state index is 14.1. The Balaban J connectivity index is 1.98. The van der Waals surface area contributed by atoms with Gasteiger partial charge in [-0.15, -0.1) is 0 Å². The number of likely N-dealkylation sites (N-methyl/N-ethyl adjacent to an activating group) is 1. The molecule has 3 nitrogen and oxygen atoms in total. The van der Waals surface area contributed by atoms with E-state index >= 15 is 0 Å². The zero-order chi connectivity index (χ0) is 14.5. The second kappa shape index (κ2) is 7.50. The zero-order valence-electron chi connectivity index (χ0n) is 12.0. The van der Waals surface area contributed by atoms with E-state index in [2.05, 4.69) is 25.7 Å². The molecule has 1 aromatic rings. The van der Waals surface area contributed by atoms with Crippen molar-refractivity contribution in [1.82, 2.24) is 9.80 Å². The van der Waals surface area contributed by atoms with Crippen LogP contribution in [0.4, 0.5) is 4.39 Å². The van der Waals surface area contributed by atoms with E-state index in [1.165, 1.54) is 32.0 Å². The van der Waals surface area contributed by atoms with Crippen LogP contribution in [0.15, 0.2) is 22.7 Å². The molecular weight excluding hydrogens is 321 g/mol. The lowest BCUT2D eigenvalue weighted by atomic mass is 10.1. The molecule has 1 aliphatic heterocycles. The van der Waals surface area contributed by atoms with Gasteiger partial charge in [-0.2, -0.15) is 0 Å². The highest BCUT2D eigenvalue weighted by molar-refractivity contribution is 9.10. The van der Waals surface area contributed by atoms with Crippen molar-refractivity contribution in [3.63, 3.8) is 0 Å². The first-order valence-electron chi connectivity index (χ1n) is 7.19. The normalized spacial score (nSPS) is 17.9. The molecule has 0 saturated carbocycles. The van der Waals surface area contributed by atoms with Gasteiger partial charge in [-0.1, -0.05) is 22.0 Å². The number of hydrogen-bond donors (Lipinski definition) is 1. The topological polar surface area (TPSA) is 32.5 Å². The van der Waals surface area contributed by atoms with Crippen LogP contribution in [0.3, 0.4) is 0 Å². The smallest absolute Gasteiger partial charge is 0.129 e. The van der Waals surface area contributed by atoms with Crippen LogP contribution < -0.4 is 5.73 Å². The molecule has 1 fully saturated rings. The van der Waals surface area contributed by atoms with E-state index in [1.54, 1.807) is 0 Å². The van der Waals surface area contributed by atoms with Crippen LogP contribution in [0.2, 0.25) is 0 Å². The predicted molar refractivity (Wildman–Crippen MR) is 84.2 cm³/mol. The number of halogens is 2. The van der Waals surface area contributed by atoms with Crippen LogP contribution in [0.25, 0.3) is 0 Å². The molecule has 1 saturated heterocycles. The van der Waals surface area contributed by atoms with Crippen molar-refractivity contribution >= 4 is 15.9 Å². The molecule has 112 valence electrons. The average Bonchev–Trinajstić information content (AvgIpc) is 2.93. The Labute approximate surface area is 129 Å². The Kier molecular flexibility index (Phi) is 5.96. The van der Waals surface area contributed by atoms with E-state index in [-0.39, 0.29) is 11.9 Å². The molecule has 20 heavy (non-hydrogen) atoms. The average molecular weight is 344 g/mol. The summed E-state index contributed by atoms with van der Waals surface area (Å²) in [5.74, 6) is -0.192. The van der Waals surface area contributed by atoms with E-state index < -0.39 is 0 Å². The number of benzene rings is 1. The lowest BCUT2D eigenvalue weighted by Gasteiger charge is -2.29. The SMILES string of the molecule is CN(CCN1CCCC1)C(CN)c1ccc(Br)cc1F. The summed E-state index contributed by atoms with van der Waals surface area (Å²) in [6.07, 6.45) is 2.59. The molecule has 1 aromatic carbocycles. The lowest BCUT2D eigenvalue weighted by molar-refractivity contribution is 0.206. The van der Waals surface area contributed by atoms with E-state index in [0.717, 1.165) is 17.6 Å². The molecule has 0 radical (unpaired) electrons. The van der Waals surface area contributed by atoms with E-state index in [9.17, 15) is 4.39 Å². The summed E-state index contributed by atoms with van der Waals surface area (Å²) >= 11 is 3.29. The summed E-state index contributed by atoms with van der Waals surface area (Å²) in [5.41, 5.74) is 6.54. The van der Waals surface area contributed by atoms with Gasteiger partial charge in [-0.3, -0.25) is 4.90 Å². The third-order valence-electron chi connectivity index (χ3n) is 4.04. The fourth-order valence-electron chi connectivity index (χ4n) is 2.78. The Bertz CT molecular complexity index is 435. The fraction of sp³-hybridized carbons (Fsp3) is 0.600. The molecule has 1 unspecified atom stereocenters. The van der Waals surface area contributed by atoms with Gasteiger partial charge in [0, 0.05) is 35.7 Å². The van der Waals surface area contributed by atoms with Crippen molar-refractivity contribution in [2.45, 2.75) is 18.9 Å². The minimum atomic E-state index is -0.192. The molecule has 5 heteroatoms. The monoisotopic (exact) mass is 343 g/mol.